The van der Waals surface area contributed by atoms with Gasteiger partial charge in [0.05, 0.1) is 18.3 Å². The fourth-order valence-electron chi connectivity index (χ4n) is 8.61. The second kappa shape index (κ2) is 8.19. The predicted octanol–water partition coefficient (Wildman–Crippen LogP) is 5.33. The van der Waals surface area contributed by atoms with Crippen LogP contribution in [0.1, 0.15) is 92.4 Å². The summed E-state index contributed by atoms with van der Waals surface area (Å²) in [7, 11) is 0. The van der Waals surface area contributed by atoms with Crippen molar-refractivity contribution in [2.24, 2.45) is 46.3 Å². The molecule has 0 aromatic rings. The summed E-state index contributed by atoms with van der Waals surface area (Å²) < 4.78 is 0. The lowest BCUT2D eigenvalue weighted by Gasteiger charge is -2.61. The Balaban J connectivity index is 1.59. The van der Waals surface area contributed by atoms with E-state index in [1.165, 1.54) is 31.3 Å². The van der Waals surface area contributed by atoms with E-state index in [1.807, 2.05) is 0 Å². The number of hydrogen-bond acceptors (Lipinski definition) is 3. The van der Waals surface area contributed by atoms with E-state index in [0.29, 0.717) is 30.1 Å². The van der Waals surface area contributed by atoms with Crippen LogP contribution in [0.25, 0.3) is 0 Å². The quantitative estimate of drug-likeness (QED) is 0.529. The van der Waals surface area contributed by atoms with E-state index < -0.39 is 6.10 Å². The molecule has 4 aliphatic rings. The van der Waals surface area contributed by atoms with Crippen molar-refractivity contribution in [2.75, 3.05) is 0 Å². The van der Waals surface area contributed by atoms with Crippen LogP contribution < -0.4 is 0 Å². The van der Waals surface area contributed by atoms with Gasteiger partial charge in [-0.2, -0.15) is 0 Å². The normalized spacial score (nSPS) is 49.2. The zero-order valence-electron chi connectivity index (χ0n) is 20.0. The van der Waals surface area contributed by atoms with Crippen molar-refractivity contribution in [1.82, 2.24) is 0 Å². The Morgan fingerprint density at radius 3 is 2.43 bits per heavy atom. The first kappa shape index (κ1) is 22.8. The van der Waals surface area contributed by atoms with Gasteiger partial charge in [0, 0.05) is 0 Å². The van der Waals surface area contributed by atoms with Crippen LogP contribution in [0.3, 0.4) is 0 Å². The third kappa shape index (κ3) is 3.52. The van der Waals surface area contributed by atoms with Gasteiger partial charge in [-0.05, 0) is 84.9 Å². The van der Waals surface area contributed by atoms with Crippen LogP contribution in [-0.4, -0.2) is 33.6 Å². The van der Waals surface area contributed by atoms with Gasteiger partial charge in [0.25, 0.3) is 0 Å². The predicted molar refractivity (Wildman–Crippen MR) is 122 cm³/mol. The topological polar surface area (TPSA) is 60.7 Å². The monoisotopic (exact) mass is 418 g/mol. The highest BCUT2D eigenvalue weighted by Gasteiger charge is 2.64. The number of fused-ring (bicyclic) bond motifs is 5. The lowest BCUT2D eigenvalue weighted by Crippen LogP contribution is -2.59. The summed E-state index contributed by atoms with van der Waals surface area (Å²) in [5, 5.41) is 33.1. The zero-order chi connectivity index (χ0) is 21.8. The minimum absolute atomic E-state index is 0.0341. The van der Waals surface area contributed by atoms with Crippen molar-refractivity contribution < 1.29 is 15.3 Å². The summed E-state index contributed by atoms with van der Waals surface area (Å²) in [5.74, 6) is 2.96. The molecule has 0 saturated heterocycles. The van der Waals surface area contributed by atoms with Gasteiger partial charge in [-0.15, -0.1) is 0 Å². The van der Waals surface area contributed by atoms with Crippen molar-refractivity contribution in [3.63, 3.8) is 0 Å². The molecule has 0 aliphatic heterocycles. The molecule has 10 atom stereocenters. The van der Waals surface area contributed by atoms with Crippen molar-refractivity contribution in [1.29, 1.82) is 0 Å². The van der Waals surface area contributed by atoms with Crippen molar-refractivity contribution >= 4 is 0 Å². The molecule has 0 aromatic carbocycles. The van der Waals surface area contributed by atoms with Crippen LogP contribution in [0.5, 0.6) is 0 Å². The Kier molecular flexibility index (Phi) is 6.23. The average Bonchev–Trinajstić information content (AvgIpc) is 3.02. The van der Waals surface area contributed by atoms with Crippen molar-refractivity contribution in [3.8, 4) is 0 Å². The molecule has 4 rings (SSSR count). The summed E-state index contributed by atoms with van der Waals surface area (Å²) in [4.78, 5) is 0. The molecule has 2 unspecified atom stereocenters. The van der Waals surface area contributed by atoms with Crippen LogP contribution in [0.2, 0.25) is 0 Å². The van der Waals surface area contributed by atoms with Crippen LogP contribution in [0.15, 0.2) is 11.6 Å². The Morgan fingerprint density at radius 1 is 1.00 bits per heavy atom. The first-order valence-corrected chi connectivity index (χ1v) is 12.8. The van der Waals surface area contributed by atoms with E-state index >= 15 is 0 Å². The van der Waals surface area contributed by atoms with E-state index in [1.54, 1.807) is 0 Å². The van der Waals surface area contributed by atoms with Crippen LogP contribution >= 0.6 is 0 Å². The Bertz CT molecular complexity index is 656. The maximum atomic E-state index is 11.6. The highest BCUT2D eigenvalue weighted by atomic mass is 16.3. The maximum absolute atomic E-state index is 11.6. The van der Waals surface area contributed by atoms with Gasteiger partial charge in [0.1, 0.15) is 0 Å². The molecule has 0 spiro atoms. The third-order valence-corrected chi connectivity index (χ3v) is 10.4. The molecule has 3 saturated carbocycles. The second-order valence-corrected chi connectivity index (χ2v) is 12.4. The van der Waals surface area contributed by atoms with Crippen LogP contribution in [-0.2, 0) is 0 Å². The fourth-order valence-corrected chi connectivity index (χ4v) is 8.61. The van der Waals surface area contributed by atoms with Crippen LogP contribution in [0.4, 0.5) is 0 Å². The molecular weight excluding hydrogens is 372 g/mol. The molecular formula is C27H46O3. The molecule has 0 radical (unpaired) electrons. The SMILES string of the molecule is CC(C)CCC[C@@H](C)[C@H]1CC[C@H]2[C@@H]3C(O)C=C4C[C@@H](O)CC[C@]4(C)[C@H]3CC(O)[C@]12C. The minimum atomic E-state index is -0.421. The van der Waals surface area contributed by atoms with Gasteiger partial charge in [0.2, 0.25) is 0 Å². The minimum Gasteiger partial charge on any atom is -0.393 e. The summed E-state index contributed by atoms with van der Waals surface area (Å²) in [6.07, 6.45) is 10.7. The molecule has 0 amide bonds. The largest absolute Gasteiger partial charge is 0.393 e. The summed E-state index contributed by atoms with van der Waals surface area (Å²) in [6.45, 7) is 11.7. The molecule has 3 heteroatoms. The fraction of sp³-hybridized carbons (Fsp3) is 0.926. The Hall–Kier alpha value is -0.380. The lowest BCUT2D eigenvalue weighted by molar-refractivity contribution is -0.158. The van der Waals surface area contributed by atoms with E-state index in [0.717, 1.165) is 31.6 Å². The summed E-state index contributed by atoms with van der Waals surface area (Å²) in [5.41, 5.74) is 1.21. The summed E-state index contributed by atoms with van der Waals surface area (Å²) in [6, 6.07) is 0. The molecule has 30 heavy (non-hydrogen) atoms. The molecule has 0 heterocycles. The molecule has 3 nitrogen and oxygen atoms in total. The van der Waals surface area contributed by atoms with Gasteiger partial charge >= 0.3 is 0 Å². The number of hydrogen-bond donors (Lipinski definition) is 3. The molecule has 3 fully saturated rings. The number of aliphatic hydroxyl groups excluding tert-OH is 3. The molecule has 0 aromatic heterocycles. The highest BCUT2D eigenvalue weighted by molar-refractivity contribution is 5.28. The van der Waals surface area contributed by atoms with Crippen molar-refractivity contribution in [2.45, 2.75) is 111 Å². The summed E-state index contributed by atoms with van der Waals surface area (Å²) >= 11 is 0. The van der Waals surface area contributed by atoms with Crippen LogP contribution in [0, 0.1) is 46.3 Å². The molecule has 3 N–H and O–H groups in total. The van der Waals surface area contributed by atoms with Gasteiger partial charge in [-0.3, -0.25) is 0 Å². The van der Waals surface area contributed by atoms with E-state index in [-0.39, 0.29) is 29.0 Å². The zero-order valence-corrected chi connectivity index (χ0v) is 20.0. The van der Waals surface area contributed by atoms with E-state index in [2.05, 4.69) is 40.7 Å². The number of aliphatic hydroxyl groups is 3. The van der Waals surface area contributed by atoms with Gasteiger partial charge < -0.3 is 15.3 Å². The second-order valence-electron chi connectivity index (χ2n) is 12.4. The first-order chi connectivity index (χ1) is 14.1. The van der Waals surface area contributed by atoms with Crippen molar-refractivity contribution in [3.05, 3.63) is 11.6 Å². The van der Waals surface area contributed by atoms with Gasteiger partial charge in [0.15, 0.2) is 0 Å². The van der Waals surface area contributed by atoms with E-state index in [9.17, 15) is 15.3 Å². The molecule has 4 aliphatic carbocycles. The number of rotatable bonds is 5. The standard InChI is InChI=1S/C27H46O3/c1-16(2)7-6-8-17(3)20-9-10-21-25-22(15-24(30)27(20,21)5)26(4)12-11-19(28)13-18(26)14-23(25)29/h14,16-17,19-25,28-30H,6-13,15H2,1-5H3/t17-,19+,20-,21+,22+,23?,24?,25+,26+,27-/m1/s1. The highest BCUT2D eigenvalue weighted by Crippen LogP contribution is 2.67. The maximum Gasteiger partial charge on any atom is 0.0757 e. The van der Waals surface area contributed by atoms with Gasteiger partial charge in [-0.25, -0.2) is 0 Å². The molecule has 0 bridgehead atoms. The molecule has 172 valence electrons. The average molecular weight is 419 g/mol. The Labute approximate surface area is 184 Å². The van der Waals surface area contributed by atoms with Gasteiger partial charge in [-0.1, -0.05) is 65.5 Å². The lowest BCUT2D eigenvalue weighted by atomic mass is 9.45. The third-order valence-electron chi connectivity index (χ3n) is 10.4. The van der Waals surface area contributed by atoms with E-state index in [4.69, 9.17) is 0 Å². The smallest absolute Gasteiger partial charge is 0.0757 e. The Morgan fingerprint density at radius 2 is 1.73 bits per heavy atom. The first-order valence-electron chi connectivity index (χ1n) is 12.8.